The normalized spacial score (nSPS) is 13.5. The highest BCUT2D eigenvalue weighted by molar-refractivity contribution is 7.98. The topological polar surface area (TPSA) is 385 Å². The lowest BCUT2D eigenvalue weighted by Gasteiger charge is -2.26. The first-order valence-electron chi connectivity index (χ1n) is 15.5. The van der Waals surface area contributed by atoms with Crippen molar-refractivity contribution in [2.75, 3.05) is 25.1 Å². The Hall–Kier alpha value is -5.19. The van der Waals surface area contributed by atoms with Crippen molar-refractivity contribution in [2.45, 2.75) is 88.0 Å². The number of carboxylic acid groups (broad SMARTS) is 4. The third-order valence-corrected chi connectivity index (χ3v) is 7.49. The summed E-state index contributed by atoms with van der Waals surface area (Å²) >= 11 is 1.35. The summed E-state index contributed by atoms with van der Waals surface area (Å²) in [7, 11) is 0. The molecule has 0 rings (SSSR count). The fraction of sp³-hybridized carbons (Fsp3) is 0.643. The Balaban J connectivity index is 6.22. The first-order valence-corrected chi connectivity index (χ1v) is 16.9. The maximum Gasteiger partial charge on any atom is 0.326 e. The van der Waals surface area contributed by atoms with Gasteiger partial charge in [-0.25, -0.2) is 4.79 Å². The third-order valence-electron chi connectivity index (χ3n) is 6.85. The molecule has 0 aliphatic rings. The summed E-state index contributed by atoms with van der Waals surface area (Å²) in [5, 5.41) is 48.6. The summed E-state index contributed by atoms with van der Waals surface area (Å²) in [5.74, 6) is -10.4. The Labute approximate surface area is 296 Å². The number of aliphatic imine (C=N–C) groups is 1. The van der Waals surface area contributed by atoms with Gasteiger partial charge in [0.05, 0.1) is 6.54 Å². The number of aliphatic carboxylic acids is 4. The number of nitrogens with two attached hydrogens (primary N) is 3. The Kier molecular flexibility index (Phi) is 22.3. The number of thioether (sulfide) groups is 1. The van der Waals surface area contributed by atoms with E-state index < -0.39 is 129 Å². The molecule has 0 aromatic heterocycles. The van der Waals surface area contributed by atoms with E-state index in [0.29, 0.717) is 5.75 Å². The highest BCUT2D eigenvalue weighted by Gasteiger charge is 2.33. The highest BCUT2D eigenvalue weighted by atomic mass is 32.2. The van der Waals surface area contributed by atoms with Gasteiger partial charge in [-0.15, -0.1) is 0 Å². The highest BCUT2D eigenvalue weighted by Crippen LogP contribution is 2.08. The van der Waals surface area contributed by atoms with Crippen LogP contribution < -0.4 is 43.8 Å². The van der Waals surface area contributed by atoms with E-state index in [1.165, 1.54) is 11.8 Å². The zero-order valence-electron chi connectivity index (χ0n) is 27.9. The van der Waals surface area contributed by atoms with E-state index in [-0.39, 0.29) is 31.8 Å². The summed E-state index contributed by atoms with van der Waals surface area (Å²) < 4.78 is 0. The molecule has 0 unspecified atom stereocenters. The number of carboxylic acids is 4. The van der Waals surface area contributed by atoms with Gasteiger partial charge in [-0.2, -0.15) is 11.8 Å². The van der Waals surface area contributed by atoms with E-state index >= 15 is 0 Å². The second-order valence-corrected chi connectivity index (χ2v) is 11.9. The Morgan fingerprint density at radius 1 is 0.588 bits per heavy atom. The van der Waals surface area contributed by atoms with Gasteiger partial charge in [0.1, 0.15) is 30.2 Å². The average Bonchev–Trinajstić information content (AvgIpc) is 3.05. The van der Waals surface area contributed by atoms with Crippen LogP contribution in [0.5, 0.6) is 0 Å². The Morgan fingerprint density at radius 3 is 1.27 bits per heavy atom. The average molecular weight is 750 g/mol. The number of guanidine groups is 1. The van der Waals surface area contributed by atoms with Gasteiger partial charge in [-0.05, 0) is 50.5 Å². The van der Waals surface area contributed by atoms with Crippen LogP contribution in [0.15, 0.2) is 4.99 Å². The number of nitrogens with one attached hydrogen (secondary N) is 5. The number of carbonyl (C=O) groups is 9. The van der Waals surface area contributed by atoms with Crippen LogP contribution in [-0.4, -0.2) is 135 Å². The van der Waals surface area contributed by atoms with Crippen molar-refractivity contribution in [1.82, 2.24) is 26.6 Å². The molecule has 0 aromatic rings. The molecule has 22 nitrogen and oxygen atoms in total. The summed E-state index contributed by atoms with van der Waals surface area (Å²) in [6.07, 6.45) is -1.83. The van der Waals surface area contributed by atoms with E-state index in [1.807, 2.05) is 0 Å². The summed E-state index contributed by atoms with van der Waals surface area (Å²) in [6, 6.07) is -7.69. The molecule has 0 radical (unpaired) electrons. The number of hydrogen-bond donors (Lipinski definition) is 12. The monoisotopic (exact) mass is 749 g/mol. The number of amides is 5. The van der Waals surface area contributed by atoms with Gasteiger partial charge < -0.3 is 64.2 Å². The first-order chi connectivity index (χ1) is 23.9. The predicted molar refractivity (Wildman–Crippen MR) is 180 cm³/mol. The molecular formula is C28H47N9O13S. The zero-order chi connectivity index (χ0) is 39.1. The van der Waals surface area contributed by atoms with E-state index in [2.05, 4.69) is 31.6 Å². The molecular weight excluding hydrogens is 702 g/mol. The molecule has 288 valence electrons. The Morgan fingerprint density at radius 2 is 0.961 bits per heavy atom. The number of nitrogens with zero attached hydrogens (tertiary/aromatic N) is 1. The lowest BCUT2D eigenvalue weighted by molar-refractivity contribution is -0.143. The summed E-state index contributed by atoms with van der Waals surface area (Å²) in [4.78, 5) is 114. The van der Waals surface area contributed by atoms with Crippen LogP contribution in [0.3, 0.4) is 0 Å². The lowest BCUT2D eigenvalue weighted by atomic mass is 10.0. The fourth-order valence-corrected chi connectivity index (χ4v) is 4.69. The van der Waals surface area contributed by atoms with Gasteiger partial charge in [-0.1, -0.05) is 0 Å². The van der Waals surface area contributed by atoms with Crippen LogP contribution in [0.2, 0.25) is 0 Å². The molecule has 0 bridgehead atoms. The van der Waals surface area contributed by atoms with E-state index in [4.69, 9.17) is 17.2 Å². The molecule has 23 heteroatoms. The van der Waals surface area contributed by atoms with Crippen molar-refractivity contribution in [2.24, 2.45) is 22.2 Å². The van der Waals surface area contributed by atoms with Gasteiger partial charge in [0.15, 0.2) is 5.96 Å². The smallest absolute Gasteiger partial charge is 0.326 e. The number of rotatable bonds is 27. The lowest BCUT2D eigenvalue weighted by Crippen LogP contribution is -2.59. The second kappa shape index (κ2) is 24.9. The van der Waals surface area contributed by atoms with Gasteiger partial charge in [0.25, 0.3) is 0 Å². The molecule has 0 fully saturated rings. The molecule has 0 spiro atoms. The third kappa shape index (κ3) is 20.8. The predicted octanol–water partition coefficient (Wildman–Crippen LogP) is -4.15. The molecule has 0 heterocycles. The van der Waals surface area contributed by atoms with Crippen molar-refractivity contribution in [3.63, 3.8) is 0 Å². The molecule has 0 aliphatic carbocycles. The first kappa shape index (κ1) is 45.8. The van der Waals surface area contributed by atoms with Crippen molar-refractivity contribution >= 4 is 71.1 Å². The summed E-state index contributed by atoms with van der Waals surface area (Å²) in [6.45, 7) is -0.422. The fourth-order valence-electron chi connectivity index (χ4n) is 4.22. The number of hydrogen-bond acceptors (Lipinski definition) is 12. The largest absolute Gasteiger partial charge is 0.481 e. The van der Waals surface area contributed by atoms with E-state index in [0.717, 1.165) is 0 Å². The molecule has 5 atom stereocenters. The zero-order valence-corrected chi connectivity index (χ0v) is 28.7. The standard InChI is InChI=1S/C28H47N9O13S/c1-51-12-10-17(33-19(38)13-29)26(48)36-15(5-8-21(41)42)24(46)34-14(4-7-20(39)40)23(45)35-16(6-9-22(43)44)25(47)37-18(27(49)50)3-2-11-32-28(30)31/h14-18H,2-13,29H2,1H3,(H,33,38)(H,34,46)(H,35,45)(H,36,48)(H,37,47)(H,39,40)(H,41,42)(H,43,44)(H,49,50)(H4,30,31,32)/t14-,15-,16-,17-,18-/m0/s1. The van der Waals surface area contributed by atoms with Gasteiger partial charge in [0, 0.05) is 25.8 Å². The minimum Gasteiger partial charge on any atom is -0.481 e. The molecule has 5 amide bonds. The minimum absolute atomic E-state index is 0.0286. The van der Waals surface area contributed by atoms with Crippen molar-refractivity contribution in [3.05, 3.63) is 0 Å². The molecule has 51 heavy (non-hydrogen) atoms. The molecule has 15 N–H and O–H groups in total. The van der Waals surface area contributed by atoms with E-state index in [1.54, 1.807) is 6.26 Å². The van der Waals surface area contributed by atoms with Crippen LogP contribution in [0.4, 0.5) is 0 Å². The molecule has 0 aromatic carbocycles. The van der Waals surface area contributed by atoms with Crippen molar-refractivity contribution < 1.29 is 63.6 Å². The molecule has 0 saturated heterocycles. The quantitative estimate of drug-likeness (QED) is 0.0215. The molecule has 0 saturated carbocycles. The van der Waals surface area contributed by atoms with Crippen molar-refractivity contribution in [1.29, 1.82) is 0 Å². The number of carbonyl (C=O) groups excluding carboxylic acids is 5. The van der Waals surface area contributed by atoms with Crippen LogP contribution in [0, 0.1) is 0 Å². The maximum atomic E-state index is 13.4. The Bertz CT molecular complexity index is 1280. The SMILES string of the molecule is CSCC[C@H](NC(=O)CN)C(=O)N[C@@H](CCC(=O)O)C(=O)N[C@@H](CCC(=O)O)C(=O)N[C@@H](CCC(=O)O)C(=O)N[C@@H](CCCN=C(N)N)C(=O)O. The van der Waals surface area contributed by atoms with E-state index in [9.17, 15) is 63.6 Å². The molecule has 0 aliphatic heterocycles. The van der Waals surface area contributed by atoms with Gasteiger partial charge in [0.2, 0.25) is 29.5 Å². The van der Waals surface area contributed by atoms with Crippen LogP contribution in [-0.2, 0) is 43.2 Å². The van der Waals surface area contributed by atoms with Crippen LogP contribution in [0.25, 0.3) is 0 Å². The maximum absolute atomic E-state index is 13.4. The minimum atomic E-state index is -1.72. The van der Waals surface area contributed by atoms with Crippen LogP contribution >= 0.6 is 11.8 Å². The second-order valence-electron chi connectivity index (χ2n) is 10.9. The van der Waals surface area contributed by atoms with Gasteiger partial charge >= 0.3 is 23.9 Å². The summed E-state index contributed by atoms with van der Waals surface area (Å²) in [5.41, 5.74) is 15.8. The van der Waals surface area contributed by atoms with Crippen LogP contribution in [0.1, 0.15) is 57.8 Å². The van der Waals surface area contributed by atoms with Crippen molar-refractivity contribution in [3.8, 4) is 0 Å². The van der Waals surface area contributed by atoms with Gasteiger partial charge in [-0.3, -0.25) is 43.3 Å².